The zero-order chi connectivity index (χ0) is 18.6. The molecule has 2 atom stereocenters. The van der Waals surface area contributed by atoms with Crippen molar-refractivity contribution in [2.45, 2.75) is 38.2 Å². The van der Waals surface area contributed by atoms with Crippen molar-refractivity contribution in [2.24, 2.45) is 5.16 Å². The molecule has 2 heterocycles. The normalized spacial score (nSPS) is 21.5. The van der Waals surface area contributed by atoms with Gasteiger partial charge in [0, 0.05) is 0 Å². The molecule has 1 N–H and O–H groups in total. The van der Waals surface area contributed by atoms with E-state index >= 15 is 0 Å². The third kappa shape index (κ3) is 2.71. The Hall–Kier alpha value is -1.63. The number of carboxylic acid groups (broad SMARTS) is 1. The molecule has 0 radical (unpaired) electrons. The first-order valence-electron chi connectivity index (χ1n) is 8.14. The Kier molecular flexibility index (Phi) is 4.45. The van der Waals surface area contributed by atoms with Crippen LogP contribution in [0.2, 0.25) is 10.0 Å². The van der Waals surface area contributed by atoms with Gasteiger partial charge < -0.3 is 9.94 Å². The Labute approximate surface area is 163 Å². The van der Waals surface area contributed by atoms with Gasteiger partial charge in [-0.1, -0.05) is 28.4 Å². The number of fused-ring (bicyclic) bond motifs is 1. The first-order chi connectivity index (χ1) is 12.4. The van der Waals surface area contributed by atoms with Gasteiger partial charge in [-0.3, -0.25) is 0 Å². The third-order valence-corrected chi connectivity index (χ3v) is 6.68. The summed E-state index contributed by atoms with van der Waals surface area (Å²) in [6.45, 7) is 1.86. The van der Waals surface area contributed by atoms with E-state index in [4.69, 9.17) is 28.0 Å². The Morgan fingerprint density at radius 1 is 1.31 bits per heavy atom. The maximum absolute atomic E-state index is 13.8. The van der Waals surface area contributed by atoms with E-state index in [2.05, 4.69) is 5.16 Å². The number of hydrogen-bond acceptors (Lipinski definition) is 4. The van der Waals surface area contributed by atoms with Crippen LogP contribution in [0, 0.1) is 5.82 Å². The van der Waals surface area contributed by atoms with Crippen molar-refractivity contribution in [1.29, 1.82) is 0 Å². The van der Waals surface area contributed by atoms with Crippen LogP contribution in [0.3, 0.4) is 0 Å². The number of carbonyl (C=O) groups is 1. The lowest BCUT2D eigenvalue weighted by Gasteiger charge is -2.17. The molecule has 1 aromatic heterocycles. The van der Waals surface area contributed by atoms with Gasteiger partial charge in [-0.25, -0.2) is 9.18 Å². The minimum absolute atomic E-state index is 0.0615. The molecule has 0 bridgehead atoms. The molecule has 4 rings (SSSR count). The lowest BCUT2D eigenvalue weighted by atomic mass is 9.88. The smallest absolute Gasteiger partial charge is 0.346 e. The Balaban J connectivity index is 1.83. The van der Waals surface area contributed by atoms with Gasteiger partial charge >= 0.3 is 5.97 Å². The van der Waals surface area contributed by atoms with Gasteiger partial charge in [0.1, 0.15) is 16.7 Å². The number of oxime groups is 1. The standard InChI is InChI=1S/C18H14Cl2FNO3S/c1-7-13(8-5-11(19)14(21)12(20)6-8)15(22-25-7)16-9-3-2-4-10(9)17(26-16)18(23)24/h5-7,13H,2-4H2,1H3,(H,23,24). The molecule has 136 valence electrons. The zero-order valence-corrected chi connectivity index (χ0v) is 16.0. The van der Waals surface area contributed by atoms with Crippen LogP contribution in [-0.4, -0.2) is 22.9 Å². The molecule has 1 aliphatic carbocycles. The van der Waals surface area contributed by atoms with Gasteiger partial charge in [0.05, 0.1) is 20.8 Å². The summed E-state index contributed by atoms with van der Waals surface area (Å²) in [5.74, 6) is -1.88. The molecule has 0 fully saturated rings. The largest absolute Gasteiger partial charge is 0.477 e. The maximum atomic E-state index is 13.8. The minimum atomic E-state index is -0.920. The van der Waals surface area contributed by atoms with Gasteiger partial charge in [0.15, 0.2) is 5.82 Å². The summed E-state index contributed by atoms with van der Waals surface area (Å²) in [6.07, 6.45) is 2.21. The van der Waals surface area contributed by atoms with E-state index in [1.54, 1.807) is 0 Å². The quantitative estimate of drug-likeness (QED) is 0.695. The van der Waals surface area contributed by atoms with Gasteiger partial charge in [0.2, 0.25) is 0 Å². The summed E-state index contributed by atoms with van der Waals surface area (Å²) in [5.41, 5.74) is 3.29. The summed E-state index contributed by atoms with van der Waals surface area (Å²) in [4.78, 5) is 18.3. The van der Waals surface area contributed by atoms with Crippen LogP contribution in [0.25, 0.3) is 0 Å². The lowest BCUT2D eigenvalue weighted by Crippen LogP contribution is -2.19. The fraction of sp³-hybridized carbons (Fsp3) is 0.333. The van der Waals surface area contributed by atoms with Crippen molar-refractivity contribution in [1.82, 2.24) is 0 Å². The predicted octanol–water partition coefficient (Wildman–Crippen LogP) is 5.29. The second-order valence-electron chi connectivity index (χ2n) is 6.44. The van der Waals surface area contributed by atoms with Crippen molar-refractivity contribution in [3.05, 3.63) is 54.4 Å². The Morgan fingerprint density at radius 3 is 2.62 bits per heavy atom. The van der Waals surface area contributed by atoms with Crippen LogP contribution in [0.5, 0.6) is 0 Å². The lowest BCUT2D eigenvalue weighted by molar-refractivity contribution is 0.0701. The van der Waals surface area contributed by atoms with E-state index in [1.807, 2.05) is 6.92 Å². The predicted molar refractivity (Wildman–Crippen MR) is 99.5 cm³/mol. The van der Waals surface area contributed by atoms with E-state index in [9.17, 15) is 14.3 Å². The molecule has 2 aromatic rings. The fourth-order valence-electron chi connectivity index (χ4n) is 3.70. The van der Waals surface area contributed by atoms with E-state index < -0.39 is 11.8 Å². The number of rotatable bonds is 3. The summed E-state index contributed by atoms with van der Waals surface area (Å²) in [5, 5.41) is 13.6. The first-order valence-corrected chi connectivity index (χ1v) is 9.72. The molecule has 2 unspecified atom stereocenters. The Morgan fingerprint density at radius 2 is 1.96 bits per heavy atom. The number of aromatic carboxylic acids is 1. The highest BCUT2D eigenvalue weighted by atomic mass is 35.5. The van der Waals surface area contributed by atoms with E-state index in [0.717, 1.165) is 35.3 Å². The number of thiophene rings is 1. The summed E-state index contributed by atoms with van der Waals surface area (Å²) >= 11 is 13.2. The second kappa shape index (κ2) is 6.51. The topological polar surface area (TPSA) is 58.9 Å². The van der Waals surface area contributed by atoms with Gasteiger partial charge in [-0.05, 0) is 55.0 Å². The van der Waals surface area contributed by atoms with Crippen molar-refractivity contribution >= 4 is 46.2 Å². The molecule has 8 heteroatoms. The summed E-state index contributed by atoms with van der Waals surface area (Å²) in [7, 11) is 0. The van der Waals surface area contributed by atoms with Crippen LogP contribution in [0.4, 0.5) is 4.39 Å². The number of hydrogen-bond donors (Lipinski definition) is 1. The summed E-state index contributed by atoms with van der Waals surface area (Å²) < 4.78 is 13.8. The molecule has 0 spiro atoms. The fourth-order valence-corrected chi connectivity index (χ4v) is 5.46. The van der Waals surface area contributed by atoms with Crippen LogP contribution >= 0.6 is 34.5 Å². The average Bonchev–Trinajstić information content (AvgIpc) is 3.26. The highest BCUT2D eigenvalue weighted by molar-refractivity contribution is 7.16. The zero-order valence-electron chi connectivity index (χ0n) is 13.7. The van der Waals surface area contributed by atoms with Crippen molar-refractivity contribution in [3.8, 4) is 0 Å². The van der Waals surface area contributed by atoms with Crippen LogP contribution in [0.15, 0.2) is 17.3 Å². The highest BCUT2D eigenvalue weighted by Gasteiger charge is 2.38. The summed E-state index contributed by atoms with van der Waals surface area (Å²) in [6, 6.07) is 3.06. The molecular formula is C18H14Cl2FNO3S. The number of halogens is 3. The van der Waals surface area contributed by atoms with Gasteiger partial charge in [-0.15, -0.1) is 11.3 Å². The van der Waals surface area contributed by atoms with E-state index in [0.29, 0.717) is 16.2 Å². The monoisotopic (exact) mass is 413 g/mol. The maximum Gasteiger partial charge on any atom is 0.346 e. The van der Waals surface area contributed by atoms with E-state index in [-0.39, 0.29) is 22.1 Å². The SMILES string of the molecule is CC1ON=C(c2sc(C(=O)O)c3c2CCC3)C1c1cc(Cl)c(F)c(Cl)c1. The molecule has 0 saturated heterocycles. The molecule has 0 saturated carbocycles. The number of benzene rings is 1. The van der Waals surface area contributed by atoms with Gasteiger partial charge in [-0.2, -0.15) is 0 Å². The molecule has 26 heavy (non-hydrogen) atoms. The molecule has 1 aromatic carbocycles. The van der Waals surface area contributed by atoms with Crippen LogP contribution in [0.1, 0.15) is 50.5 Å². The van der Waals surface area contributed by atoms with Crippen LogP contribution in [-0.2, 0) is 17.7 Å². The molecular weight excluding hydrogens is 400 g/mol. The third-order valence-electron chi connectivity index (χ3n) is 4.84. The molecule has 1 aliphatic heterocycles. The van der Waals surface area contributed by atoms with Crippen molar-refractivity contribution < 1.29 is 19.1 Å². The molecule has 4 nitrogen and oxygen atoms in total. The average molecular weight is 414 g/mol. The molecule has 2 aliphatic rings. The van der Waals surface area contributed by atoms with E-state index in [1.165, 1.54) is 23.5 Å². The second-order valence-corrected chi connectivity index (χ2v) is 8.27. The van der Waals surface area contributed by atoms with Crippen molar-refractivity contribution in [2.75, 3.05) is 0 Å². The minimum Gasteiger partial charge on any atom is -0.477 e. The first kappa shape index (κ1) is 17.8. The molecule has 0 amide bonds. The van der Waals surface area contributed by atoms with Crippen LogP contribution < -0.4 is 0 Å². The van der Waals surface area contributed by atoms with Gasteiger partial charge in [0.25, 0.3) is 0 Å². The Bertz CT molecular complexity index is 933. The highest BCUT2D eigenvalue weighted by Crippen LogP contribution is 2.42. The number of nitrogens with zero attached hydrogens (tertiary/aromatic N) is 1. The number of carboxylic acids is 1. The van der Waals surface area contributed by atoms with Crippen molar-refractivity contribution in [3.63, 3.8) is 0 Å².